The number of rotatable bonds is 6. The van der Waals surface area contributed by atoms with E-state index in [1.54, 1.807) is 0 Å². The Bertz CT molecular complexity index is 1810. The number of aryl methyl sites for hydroxylation is 4. The van der Waals surface area contributed by atoms with Gasteiger partial charge in [-0.1, -0.05) is 112 Å². The van der Waals surface area contributed by atoms with Gasteiger partial charge in [0.15, 0.2) is 0 Å². The van der Waals surface area contributed by atoms with Crippen LogP contribution in [-0.4, -0.2) is 9.52 Å². The molecule has 2 radical (unpaired) electrons. The summed E-state index contributed by atoms with van der Waals surface area (Å²) in [4.78, 5) is 0. The van der Waals surface area contributed by atoms with Gasteiger partial charge < -0.3 is 0 Å². The third kappa shape index (κ3) is 8.86. The average molecular weight is 728 g/mol. The Morgan fingerprint density at radius 3 is 1.23 bits per heavy atom. The summed E-state index contributed by atoms with van der Waals surface area (Å²) in [7, 11) is 1.08. The van der Waals surface area contributed by atoms with Crippen molar-refractivity contribution >= 4 is 31.1 Å². The van der Waals surface area contributed by atoms with Gasteiger partial charge in [-0.3, -0.25) is 0 Å². The smallest absolute Gasteiger partial charge is 0.164 e. The van der Waals surface area contributed by atoms with Crippen molar-refractivity contribution in [3.05, 3.63) is 129 Å². The van der Waals surface area contributed by atoms with E-state index in [0.717, 1.165) is 9.52 Å². The second kappa shape index (κ2) is 17.7. The van der Waals surface area contributed by atoms with Gasteiger partial charge >= 0.3 is 26.2 Å². The van der Waals surface area contributed by atoms with Crippen LogP contribution >= 0.6 is 0 Å². The quantitative estimate of drug-likeness (QED) is 0.118. The monoisotopic (exact) mass is 726 g/mol. The molecule has 0 heterocycles. The molecule has 2 atom stereocenters. The van der Waals surface area contributed by atoms with Gasteiger partial charge in [0.2, 0.25) is 0 Å². The summed E-state index contributed by atoms with van der Waals surface area (Å²) in [6.07, 6.45) is 2.38. The normalized spacial score (nSPS) is 12.1. The van der Waals surface area contributed by atoms with Crippen LogP contribution in [0.25, 0.3) is 43.8 Å². The van der Waals surface area contributed by atoms with Crippen LogP contribution in [0.1, 0.15) is 96.9 Å². The van der Waals surface area contributed by atoms with E-state index in [4.69, 9.17) is 0 Å². The first kappa shape index (κ1) is 39.6. The summed E-state index contributed by atoms with van der Waals surface area (Å²) in [6, 6.07) is 32.1. The fourth-order valence-electron chi connectivity index (χ4n) is 6.67. The summed E-state index contributed by atoms with van der Waals surface area (Å²) in [5.74, 6) is 1.25. The van der Waals surface area contributed by atoms with Crippen molar-refractivity contribution in [1.82, 2.24) is 0 Å². The molecular weight excluding hydrogens is 672 g/mol. The van der Waals surface area contributed by atoms with Crippen LogP contribution in [-0.2, 0) is 26.2 Å². The molecule has 0 saturated heterocycles. The average Bonchev–Trinajstić information content (AvgIpc) is 3.69. The minimum atomic E-state index is 0. The van der Waals surface area contributed by atoms with E-state index in [0.29, 0.717) is 11.8 Å². The number of hydrogen-bond acceptors (Lipinski definition) is 0. The molecule has 6 aromatic rings. The minimum absolute atomic E-state index is 0. The van der Waals surface area contributed by atoms with Crippen molar-refractivity contribution in [2.24, 2.45) is 0 Å². The maximum absolute atomic E-state index is 2.40. The molecule has 0 amide bonds. The van der Waals surface area contributed by atoms with Crippen molar-refractivity contribution in [2.75, 3.05) is 0 Å². The maximum Gasteiger partial charge on any atom is 2.00 e. The van der Waals surface area contributed by atoms with Gasteiger partial charge in [0, 0.05) is 9.52 Å². The molecule has 0 N–H and O–H groups in total. The summed E-state index contributed by atoms with van der Waals surface area (Å²) in [5.41, 5.74) is 16.6. The minimum Gasteiger partial charge on any atom is -0.164 e. The molecule has 48 heavy (non-hydrogen) atoms. The van der Waals surface area contributed by atoms with Crippen LogP contribution in [0, 0.1) is 41.5 Å². The third-order valence-electron chi connectivity index (χ3n) is 10.1. The van der Waals surface area contributed by atoms with Crippen LogP contribution in [0.4, 0.5) is 0 Å². The van der Waals surface area contributed by atoms with Crippen LogP contribution in [0.15, 0.2) is 84.9 Å². The van der Waals surface area contributed by atoms with E-state index in [2.05, 4.69) is 167 Å². The van der Waals surface area contributed by atoms with Gasteiger partial charge in [-0.25, -0.2) is 0 Å². The van der Waals surface area contributed by atoms with Crippen molar-refractivity contribution < 1.29 is 26.2 Å². The fourth-order valence-corrected chi connectivity index (χ4v) is 6.67. The summed E-state index contributed by atoms with van der Waals surface area (Å²) in [6.45, 7) is 26.7. The van der Waals surface area contributed by atoms with E-state index in [-0.39, 0.29) is 26.2 Å². The van der Waals surface area contributed by atoms with E-state index >= 15 is 0 Å². The van der Waals surface area contributed by atoms with Crippen LogP contribution in [0.3, 0.4) is 0 Å². The molecule has 0 saturated carbocycles. The SMILES string of the molecule is CCC(C)c1cc2c(-c3cc(C)cc(C)c3C)cccc2[cH-]1.CCC(C)c1cc2c(-c3cc(C)cc(C)c3C)cccc2[cH-]1.C[Si]C.[Zr+2]. The second-order valence-electron chi connectivity index (χ2n) is 13.8. The second-order valence-corrected chi connectivity index (χ2v) is 14.8. The Labute approximate surface area is 314 Å². The van der Waals surface area contributed by atoms with Crippen LogP contribution in [0.2, 0.25) is 13.1 Å². The zero-order valence-electron chi connectivity index (χ0n) is 31.7. The standard InChI is InChI=1S/2C22H25.C2H6Si.Zr/c2*1-6-15(3)19-12-18-8-7-9-20(22(18)13-19)21-11-14(2)10-16(4)17(21)5;1-3-2;/h2*7-13,15H,6H2,1-5H3;1-2H3;/q2*-1;;+2. The Hall–Kier alpha value is -2.80. The Balaban J connectivity index is 0.000000236. The molecule has 0 fully saturated rings. The van der Waals surface area contributed by atoms with Gasteiger partial charge in [0.25, 0.3) is 0 Å². The van der Waals surface area contributed by atoms with Crippen molar-refractivity contribution in [1.29, 1.82) is 0 Å². The molecule has 2 unspecified atom stereocenters. The first-order chi connectivity index (χ1) is 22.4. The summed E-state index contributed by atoms with van der Waals surface area (Å²) in [5, 5.41) is 5.52. The summed E-state index contributed by atoms with van der Waals surface area (Å²) < 4.78 is 0. The molecule has 248 valence electrons. The van der Waals surface area contributed by atoms with Crippen LogP contribution in [0.5, 0.6) is 0 Å². The van der Waals surface area contributed by atoms with Gasteiger partial charge in [-0.05, 0) is 86.8 Å². The molecule has 0 spiro atoms. The molecule has 0 aromatic heterocycles. The molecule has 0 bridgehead atoms. The maximum atomic E-state index is 2.40. The van der Waals surface area contributed by atoms with Crippen molar-refractivity contribution in [2.45, 2.75) is 107 Å². The van der Waals surface area contributed by atoms with E-state index in [1.165, 1.54) is 101 Å². The topological polar surface area (TPSA) is 0 Å². The molecule has 6 rings (SSSR count). The predicted molar refractivity (Wildman–Crippen MR) is 213 cm³/mol. The molecule has 2 heteroatoms. The van der Waals surface area contributed by atoms with Crippen molar-refractivity contribution in [3.8, 4) is 22.3 Å². The number of benzene rings is 4. The molecular formula is C46H56SiZr. The number of fused-ring (bicyclic) bond motifs is 2. The fraction of sp³-hybridized carbons (Fsp3) is 0.348. The van der Waals surface area contributed by atoms with Gasteiger partial charge in [-0.15, -0.1) is 69.1 Å². The Morgan fingerprint density at radius 2 is 0.896 bits per heavy atom. The predicted octanol–water partition coefficient (Wildman–Crippen LogP) is 14.1. The van der Waals surface area contributed by atoms with E-state index in [9.17, 15) is 0 Å². The first-order valence-electron chi connectivity index (χ1n) is 17.6. The van der Waals surface area contributed by atoms with Crippen molar-refractivity contribution in [3.63, 3.8) is 0 Å². The Morgan fingerprint density at radius 1 is 0.542 bits per heavy atom. The van der Waals surface area contributed by atoms with E-state index in [1.807, 2.05) is 0 Å². The van der Waals surface area contributed by atoms with Crippen LogP contribution < -0.4 is 0 Å². The zero-order valence-corrected chi connectivity index (χ0v) is 35.1. The Kier molecular flexibility index (Phi) is 14.6. The summed E-state index contributed by atoms with van der Waals surface area (Å²) >= 11 is 0. The largest absolute Gasteiger partial charge is 2.00 e. The third-order valence-corrected chi connectivity index (χ3v) is 10.1. The van der Waals surface area contributed by atoms with Gasteiger partial charge in [0.05, 0.1) is 0 Å². The van der Waals surface area contributed by atoms with Gasteiger partial charge in [0.1, 0.15) is 0 Å². The molecule has 0 aliphatic heterocycles. The first-order valence-corrected chi connectivity index (χ1v) is 19.6. The zero-order chi connectivity index (χ0) is 34.4. The molecule has 0 aliphatic rings. The van der Waals surface area contributed by atoms with E-state index < -0.39 is 0 Å². The number of hydrogen-bond donors (Lipinski definition) is 0. The molecule has 0 aliphatic carbocycles. The molecule has 0 nitrogen and oxygen atoms in total. The molecule has 6 aromatic carbocycles. The van der Waals surface area contributed by atoms with Gasteiger partial charge in [-0.2, -0.15) is 12.1 Å².